The highest BCUT2D eigenvalue weighted by Gasteiger charge is 2.08. The first-order valence-corrected chi connectivity index (χ1v) is 6.69. The predicted octanol–water partition coefficient (Wildman–Crippen LogP) is 3.88. The van der Waals surface area contributed by atoms with Crippen LogP contribution < -0.4 is 0 Å². The van der Waals surface area contributed by atoms with E-state index in [9.17, 15) is 0 Å². The molecule has 2 heterocycles. The van der Waals surface area contributed by atoms with E-state index >= 15 is 0 Å². The van der Waals surface area contributed by atoms with E-state index < -0.39 is 0 Å². The van der Waals surface area contributed by atoms with Gasteiger partial charge < -0.3 is 0 Å². The Hall–Kier alpha value is -2.99. The van der Waals surface area contributed by atoms with Crippen LogP contribution in [0.15, 0.2) is 67.3 Å². The third kappa shape index (κ3) is 2.80. The van der Waals surface area contributed by atoms with Crippen molar-refractivity contribution in [2.24, 2.45) is 0 Å². The summed E-state index contributed by atoms with van der Waals surface area (Å²) in [7, 11) is 0. The number of hydrogen-bond donors (Lipinski definition) is 0. The standard InChI is InChI=1S/C18H13N3/c19-8-3-14-1-2-17(15-4-9-20-10-5-15)18(13-14)16-6-11-21-12-7-16/h1-2,4-7,9-13H,3H2. The fourth-order valence-electron chi connectivity index (χ4n) is 2.35. The van der Waals surface area contributed by atoms with Crippen molar-refractivity contribution in [3.05, 3.63) is 72.8 Å². The largest absolute Gasteiger partial charge is 0.265 e. The second-order valence-corrected chi connectivity index (χ2v) is 4.69. The molecule has 21 heavy (non-hydrogen) atoms. The Morgan fingerprint density at radius 3 is 1.90 bits per heavy atom. The van der Waals surface area contributed by atoms with Gasteiger partial charge in [-0.2, -0.15) is 5.26 Å². The molecule has 3 nitrogen and oxygen atoms in total. The van der Waals surface area contributed by atoms with Crippen molar-refractivity contribution in [3.63, 3.8) is 0 Å². The maximum atomic E-state index is 8.90. The Bertz CT molecular complexity index is 775. The first-order chi connectivity index (χ1) is 10.4. The van der Waals surface area contributed by atoms with E-state index in [1.807, 2.05) is 30.3 Å². The first-order valence-electron chi connectivity index (χ1n) is 6.69. The Labute approximate surface area is 123 Å². The van der Waals surface area contributed by atoms with Crippen molar-refractivity contribution in [2.75, 3.05) is 0 Å². The van der Waals surface area contributed by atoms with Gasteiger partial charge in [0, 0.05) is 24.8 Å². The molecule has 0 atom stereocenters. The number of aromatic nitrogens is 2. The molecule has 0 aliphatic heterocycles. The summed E-state index contributed by atoms with van der Waals surface area (Å²) in [5.41, 5.74) is 5.46. The number of pyridine rings is 2. The number of benzene rings is 1. The highest BCUT2D eigenvalue weighted by molar-refractivity contribution is 5.83. The van der Waals surface area contributed by atoms with E-state index in [0.29, 0.717) is 6.42 Å². The lowest BCUT2D eigenvalue weighted by Crippen LogP contribution is -1.90. The molecule has 0 fully saturated rings. The molecule has 0 aliphatic rings. The highest BCUT2D eigenvalue weighted by atomic mass is 14.6. The van der Waals surface area contributed by atoms with Crippen molar-refractivity contribution >= 4 is 0 Å². The second kappa shape index (κ2) is 5.98. The summed E-state index contributed by atoms with van der Waals surface area (Å²) in [5, 5.41) is 8.90. The lowest BCUT2D eigenvalue weighted by atomic mass is 9.93. The normalized spacial score (nSPS) is 10.0. The quantitative estimate of drug-likeness (QED) is 0.726. The minimum Gasteiger partial charge on any atom is -0.265 e. The van der Waals surface area contributed by atoms with E-state index in [-0.39, 0.29) is 0 Å². The second-order valence-electron chi connectivity index (χ2n) is 4.69. The van der Waals surface area contributed by atoms with Crippen molar-refractivity contribution in [3.8, 4) is 28.3 Å². The molecule has 3 rings (SSSR count). The molecule has 0 aliphatic carbocycles. The molecule has 100 valence electrons. The summed E-state index contributed by atoms with van der Waals surface area (Å²) in [6, 6.07) is 16.3. The third-order valence-corrected chi connectivity index (χ3v) is 3.35. The Morgan fingerprint density at radius 1 is 0.762 bits per heavy atom. The van der Waals surface area contributed by atoms with Gasteiger partial charge in [0.05, 0.1) is 12.5 Å². The molecule has 0 saturated carbocycles. The van der Waals surface area contributed by atoms with Gasteiger partial charge in [-0.15, -0.1) is 0 Å². The molecule has 0 radical (unpaired) electrons. The summed E-state index contributed by atoms with van der Waals surface area (Å²) in [6.07, 6.45) is 7.55. The number of nitrogens with zero attached hydrogens (tertiary/aromatic N) is 3. The Balaban J connectivity index is 2.18. The molecular formula is C18H13N3. The zero-order valence-corrected chi connectivity index (χ0v) is 11.4. The first kappa shape index (κ1) is 13.0. The summed E-state index contributed by atoms with van der Waals surface area (Å²) in [6.45, 7) is 0. The smallest absolute Gasteiger partial charge is 0.0669 e. The molecule has 0 unspecified atom stereocenters. The minimum atomic E-state index is 0.411. The summed E-state index contributed by atoms with van der Waals surface area (Å²) in [5.74, 6) is 0. The molecule has 3 heteroatoms. The van der Waals surface area contributed by atoms with Gasteiger partial charge in [0.1, 0.15) is 0 Å². The molecule has 0 N–H and O–H groups in total. The molecule has 0 amide bonds. The van der Waals surface area contributed by atoms with Crippen LogP contribution in [0.25, 0.3) is 22.3 Å². The molecule has 0 bridgehead atoms. The number of nitriles is 1. The van der Waals surface area contributed by atoms with Crippen LogP contribution in [0.3, 0.4) is 0 Å². The van der Waals surface area contributed by atoms with Crippen LogP contribution in [-0.2, 0) is 6.42 Å². The van der Waals surface area contributed by atoms with Gasteiger partial charge in [-0.05, 0) is 58.1 Å². The maximum Gasteiger partial charge on any atom is 0.0669 e. The SMILES string of the molecule is N#CCc1ccc(-c2ccncc2)c(-c2ccncc2)c1. The number of hydrogen-bond acceptors (Lipinski definition) is 3. The number of rotatable bonds is 3. The van der Waals surface area contributed by atoms with Crippen LogP contribution in [-0.4, -0.2) is 9.97 Å². The average molecular weight is 271 g/mol. The van der Waals surface area contributed by atoms with E-state index in [0.717, 1.165) is 27.8 Å². The summed E-state index contributed by atoms with van der Waals surface area (Å²) >= 11 is 0. The zero-order valence-electron chi connectivity index (χ0n) is 11.4. The van der Waals surface area contributed by atoms with Crippen molar-refractivity contribution in [1.29, 1.82) is 5.26 Å². The fraction of sp³-hybridized carbons (Fsp3) is 0.0556. The van der Waals surface area contributed by atoms with Crippen LogP contribution in [0, 0.1) is 11.3 Å². The van der Waals surface area contributed by atoms with E-state index in [1.54, 1.807) is 24.8 Å². The van der Waals surface area contributed by atoms with Gasteiger partial charge in [0.2, 0.25) is 0 Å². The van der Waals surface area contributed by atoms with Gasteiger partial charge in [-0.1, -0.05) is 12.1 Å². The lowest BCUT2D eigenvalue weighted by Gasteiger charge is -2.11. The molecular weight excluding hydrogens is 258 g/mol. The fourth-order valence-corrected chi connectivity index (χ4v) is 2.35. The molecule has 1 aromatic carbocycles. The summed E-state index contributed by atoms with van der Waals surface area (Å²) < 4.78 is 0. The van der Waals surface area contributed by atoms with Gasteiger partial charge >= 0.3 is 0 Å². The van der Waals surface area contributed by atoms with Crippen molar-refractivity contribution in [1.82, 2.24) is 9.97 Å². The molecule has 3 aromatic rings. The minimum absolute atomic E-state index is 0.411. The monoisotopic (exact) mass is 271 g/mol. The van der Waals surface area contributed by atoms with Crippen LogP contribution in [0.2, 0.25) is 0 Å². The van der Waals surface area contributed by atoms with E-state index in [1.165, 1.54) is 0 Å². The van der Waals surface area contributed by atoms with E-state index in [2.05, 4.69) is 28.2 Å². The molecule has 2 aromatic heterocycles. The lowest BCUT2D eigenvalue weighted by molar-refractivity contribution is 1.26. The van der Waals surface area contributed by atoms with Crippen LogP contribution >= 0.6 is 0 Å². The highest BCUT2D eigenvalue weighted by Crippen LogP contribution is 2.32. The average Bonchev–Trinajstić information content (AvgIpc) is 2.57. The van der Waals surface area contributed by atoms with Crippen LogP contribution in [0.5, 0.6) is 0 Å². The zero-order chi connectivity index (χ0) is 14.5. The Morgan fingerprint density at radius 2 is 1.33 bits per heavy atom. The van der Waals surface area contributed by atoms with Crippen LogP contribution in [0.1, 0.15) is 5.56 Å². The van der Waals surface area contributed by atoms with Crippen molar-refractivity contribution < 1.29 is 0 Å². The third-order valence-electron chi connectivity index (χ3n) is 3.35. The predicted molar refractivity (Wildman–Crippen MR) is 82.2 cm³/mol. The van der Waals surface area contributed by atoms with Gasteiger partial charge in [-0.25, -0.2) is 0 Å². The Kier molecular flexibility index (Phi) is 3.70. The molecule has 0 spiro atoms. The van der Waals surface area contributed by atoms with Crippen LogP contribution in [0.4, 0.5) is 0 Å². The van der Waals surface area contributed by atoms with Gasteiger partial charge in [0.15, 0.2) is 0 Å². The maximum absolute atomic E-state index is 8.90. The molecule has 0 saturated heterocycles. The van der Waals surface area contributed by atoms with Gasteiger partial charge in [0.25, 0.3) is 0 Å². The summed E-state index contributed by atoms with van der Waals surface area (Å²) in [4.78, 5) is 8.14. The van der Waals surface area contributed by atoms with E-state index in [4.69, 9.17) is 5.26 Å². The van der Waals surface area contributed by atoms with Gasteiger partial charge in [-0.3, -0.25) is 9.97 Å². The topological polar surface area (TPSA) is 49.6 Å². The van der Waals surface area contributed by atoms with Crippen molar-refractivity contribution in [2.45, 2.75) is 6.42 Å².